The van der Waals surface area contributed by atoms with Crippen LogP contribution in [0.3, 0.4) is 0 Å². The number of likely N-dealkylation sites (N-methyl/N-ethyl adjacent to an activating group) is 1. The predicted octanol–water partition coefficient (Wildman–Crippen LogP) is 5.02. The molecule has 0 radical (unpaired) electrons. The second kappa shape index (κ2) is 8.44. The minimum Gasteiger partial charge on any atom is -0.370 e. The van der Waals surface area contributed by atoms with E-state index in [1.807, 2.05) is 43.3 Å². The fraction of sp³-hybridized carbons (Fsp3) is 0.345. The average molecular weight is 441 g/mol. The fourth-order valence-electron chi connectivity index (χ4n) is 5.77. The monoisotopic (exact) mass is 440 g/mol. The summed E-state index contributed by atoms with van der Waals surface area (Å²) in [6.45, 7) is 2.72. The molecule has 0 saturated carbocycles. The first-order valence-corrected chi connectivity index (χ1v) is 11.9. The Labute approximate surface area is 195 Å². The maximum absolute atomic E-state index is 14.0. The molecule has 0 amide bonds. The van der Waals surface area contributed by atoms with E-state index < -0.39 is 11.6 Å². The molecule has 3 unspecified atom stereocenters. The normalized spacial score (nSPS) is 24.3. The van der Waals surface area contributed by atoms with Crippen molar-refractivity contribution in [2.24, 2.45) is 5.92 Å². The number of hydrogen-bond acceptors (Lipinski definition) is 3. The first-order valence-electron chi connectivity index (χ1n) is 11.9. The van der Waals surface area contributed by atoms with Crippen molar-refractivity contribution in [1.82, 2.24) is 9.47 Å². The molecule has 1 aliphatic carbocycles. The molecule has 4 nitrogen and oxygen atoms in total. The molecule has 3 atom stereocenters. The molecule has 2 aliphatic rings. The number of carbonyl (C=O) groups excluding carboxylic acids is 1. The molecule has 3 aromatic rings. The summed E-state index contributed by atoms with van der Waals surface area (Å²) in [6, 6.07) is 18.5. The second-order valence-electron chi connectivity index (χ2n) is 9.75. The van der Waals surface area contributed by atoms with Crippen molar-refractivity contribution in [3.8, 4) is 0 Å². The van der Waals surface area contributed by atoms with E-state index >= 15 is 0 Å². The molecular formula is C29H32N2O2. The highest BCUT2D eigenvalue weighted by molar-refractivity contribution is 6.00. The van der Waals surface area contributed by atoms with Crippen molar-refractivity contribution in [1.29, 1.82) is 0 Å². The molecule has 1 N–H and O–H groups in total. The van der Waals surface area contributed by atoms with Crippen LogP contribution in [0.2, 0.25) is 0 Å². The van der Waals surface area contributed by atoms with Crippen LogP contribution in [0, 0.1) is 5.92 Å². The van der Waals surface area contributed by atoms with Crippen LogP contribution in [0.15, 0.2) is 78.4 Å². The van der Waals surface area contributed by atoms with Gasteiger partial charge in [-0.15, -0.1) is 0 Å². The summed E-state index contributed by atoms with van der Waals surface area (Å²) < 4.78 is 2.06. The third kappa shape index (κ3) is 3.58. The van der Waals surface area contributed by atoms with Gasteiger partial charge in [0, 0.05) is 23.5 Å². The number of fused-ring (bicyclic) bond motifs is 3. The number of rotatable bonds is 6. The Bertz CT molecular complexity index is 1250. The summed E-state index contributed by atoms with van der Waals surface area (Å²) in [5.41, 5.74) is 3.88. The molecular weight excluding hydrogens is 408 g/mol. The summed E-state index contributed by atoms with van der Waals surface area (Å²) in [4.78, 5) is 16.2. The summed E-state index contributed by atoms with van der Waals surface area (Å²) in [5, 5.41) is 13.3. The quantitative estimate of drug-likeness (QED) is 0.586. The van der Waals surface area contributed by atoms with E-state index in [0.717, 1.165) is 48.2 Å². The lowest BCUT2D eigenvalue weighted by molar-refractivity contribution is -0.133. The van der Waals surface area contributed by atoms with E-state index in [4.69, 9.17) is 0 Å². The largest absolute Gasteiger partial charge is 0.370 e. The zero-order valence-electron chi connectivity index (χ0n) is 19.7. The van der Waals surface area contributed by atoms with Crippen molar-refractivity contribution in [2.45, 2.75) is 37.8 Å². The Kier molecular flexibility index (Phi) is 5.59. The summed E-state index contributed by atoms with van der Waals surface area (Å²) in [6.07, 6.45) is 8.45. The number of carbonyl (C=O) groups is 1. The molecule has 0 spiro atoms. The van der Waals surface area contributed by atoms with Gasteiger partial charge >= 0.3 is 0 Å². The van der Waals surface area contributed by atoms with Gasteiger partial charge < -0.3 is 14.6 Å². The van der Waals surface area contributed by atoms with Crippen molar-refractivity contribution in [2.75, 3.05) is 20.6 Å². The first-order chi connectivity index (χ1) is 15.9. The lowest BCUT2D eigenvalue weighted by atomic mass is 9.75. The van der Waals surface area contributed by atoms with Crippen LogP contribution in [-0.4, -0.2) is 41.0 Å². The third-order valence-corrected chi connectivity index (χ3v) is 7.27. The lowest BCUT2D eigenvalue weighted by Crippen LogP contribution is -2.40. The summed E-state index contributed by atoms with van der Waals surface area (Å²) in [7, 11) is 4.16. The molecule has 1 aromatic heterocycles. The van der Waals surface area contributed by atoms with Gasteiger partial charge in [-0.05, 0) is 63.0 Å². The molecule has 2 aromatic carbocycles. The van der Waals surface area contributed by atoms with Crippen LogP contribution in [0.4, 0.5) is 0 Å². The number of benzene rings is 2. The number of para-hydroxylation sites is 1. The smallest absolute Gasteiger partial charge is 0.167 e. The van der Waals surface area contributed by atoms with Crippen LogP contribution >= 0.6 is 0 Å². The molecule has 0 fully saturated rings. The Morgan fingerprint density at radius 3 is 2.55 bits per heavy atom. The molecule has 170 valence electrons. The van der Waals surface area contributed by atoms with Gasteiger partial charge in [0.15, 0.2) is 5.78 Å². The SMILES string of the molecule is CN(C)CCc1c2n(c3ccccc13)C(C)(O)C(C(=O)C1=CC=CCC1)C2c1ccccc1. The van der Waals surface area contributed by atoms with Crippen LogP contribution in [-0.2, 0) is 16.9 Å². The number of Topliss-reactive ketones (excluding diaryl/α,β-unsaturated/α-hetero) is 1. The minimum atomic E-state index is -1.33. The number of ketones is 1. The first kappa shape index (κ1) is 21.9. The molecule has 33 heavy (non-hydrogen) atoms. The van der Waals surface area contributed by atoms with Crippen LogP contribution in [0.1, 0.15) is 42.5 Å². The van der Waals surface area contributed by atoms with Gasteiger partial charge in [0.25, 0.3) is 0 Å². The van der Waals surface area contributed by atoms with E-state index in [-0.39, 0.29) is 11.7 Å². The summed E-state index contributed by atoms with van der Waals surface area (Å²) in [5.74, 6) is -0.718. The van der Waals surface area contributed by atoms with E-state index in [9.17, 15) is 9.90 Å². The average Bonchev–Trinajstić information content (AvgIpc) is 3.28. The fourth-order valence-corrected chi connectivity index (χ4v) is 5.77. The number of aliphatic hydroxyl groups is 1. The zero-order valence-corrected chi connectivity index (χ0v) is 19.7. The topological polar surface area (TPSA) is 45.5 Å². The zero-order chi connectivity index (χ0) is 23.2. The second-order valence-corrected chi connectivity index (χ2v) is 9.75. The number of allylic oxidation sites excluding steroid dienone is 4. The Hall–Kier alpha value is -2.95. The highest BCUT2D eigenvalue weighted by atomic mass is 16.3. The van der Waals surface area contributed by atoms with Crippen molar-refractivity contribution in [3.63, 3.8) is 0 Å². The molecule has 2 heterocycles. The highest BCUT2D eigenvalue weighted by Gasteiger charge is 2.54. The highest BCUT2D eigenvalue weighted by Crippen LogP contribution is 2.53. The molecule has 5 rings (SSSR count). The van der Waals surface area contributed by atoms with E-state index in [1.165, 1.54) is 10.9 Å². The van der Waals surface area contributed by atoms with Gasteiger partial charge in [0.2, 0.25) is 0 Å². The Morgan fingerprint density at radius 1 is 1.12 bits per heavy atom. The van der Waals surface area contributed by atoms with Crippen molar-refractivity contribution >= 4 is 16.7 Å². The van der Waals surface area contributed by atoms with Crippen LogP contribution in [0.25, 0.3) is 10.9 Å². The molecule has 0 saturated heterocycles. The maximum atomic E-state index is 14.0. The lowest BCUT2D eigenvalue weighted by Gasteiger charge is -2.31. The van der Waals surface area contributed by atoms with Crippen molar-refractivity contribution in [3.05, 3.63) is 95.2 Å². The van der Waals surface area contributed by atoms with Gasteiger partial charge in [0.05, 0.1) is 11.4 Å². The molecule has 0 bridgehead atoms. The van der Waals surface area contributed by atoms with Crippen molar-refractivity contribution < 1.29 is 9.90 Å². The van der Waals surface area contributed by atoms with E-state index in [0.29, 0.717) is 0 Å². The standard InChI is InChI=1S/C29H32N2O2/c1-29(33)26(28(32)21-14-8-5-9-15-21)25(20-12-6-4-7-13-20)27-23(18-19-30(2)3)22-16-10-11-17-24(22)31(27)29/h4-8,10-14,16-17,25-26,33H,9,15,18-19H2,1-3H3. The third-order valence-electron chi connectivity index (χ3n) is 7.27. The number of nitrogens with zero attached hydrogens (tertiary/aromatic N) is 2. The predicted molar refractivity (Wildman–Crippen MR) is 133 cm³/mol. The summed E-state index contributed by atoms with van der Waals surface area (Å²) >= 11 is 0. The van der Waals surface area contributed by atoms with E-state index in [1.54, 1.807) is 0 Å². The van der Waals surface area contributed by atoms with Gasteiger partial charge in [-0.1, -0.05) is 66.8 Å². The van der Waals surface area contributed by atoms with Crippen LogP contribution in [0.5, 0.6) is 0 Å². The van der Waals surface area contributed by atoms with Gasteiger partial charge in [-0.25, -0.2) is 0 Å². The van der Waals surface area contributed by atoms with Crippen LogP contribution < -0.4 is 0 Å². The van der Waals surface area contributed by atoms with Gasteiger partial charge in [-0.3, -0.25) is 4.79 Å². The minimum absolute atomic E-state index is 0.0598. The van der Waals surface area contributed by atoms with Gasteiger partial charge in [-0.2, -0.15) is 0 Å². The number of hydrogen-bond donors (Lipinski definition) is 1. The molecule has 4 heteroatoms. The van der Waals surface area contributed by atoms with Gasteiger partial charge in [0.1, 0.15) is 5.72 Å². The Balaban J connectivity index is 1.76. The maximum Gasteiger partial charge on any atom is 0.167 e. The van der Waals surface area contributed by atoms with E-state index in [2.05, 4.69) is 60.0 Å². The molecule has 1 aliphatic heterocycles. The Morgan fingerprint density at radius 2 is 1.85 bits per heavy atom. The number of aromatic nitrogens is 1.